The highest BCUT2D eigenvalue weighted by Gasteiger charge is 2.29. The molecule has 0 radical (unpaired) electrons. The molecule has 142 valence electrons. The molecule has 0 amide bonds. The average molecular weight is 406 g/mol. The number of sulfone groups is 1. The molecule has 0 aliphatic carbocycles. The smallest absolute Gasteiger partial charge is 0.228 e. The van der Waals surface area contributed by atoms with Gasteiger partial charge in [0.2, 0.25) is 25.8 Å². The molecule has 3 aromatic rings. The van der Waals surface area contributed by atoms with Crippen molar-refractivity contribution in [2.24, 2.45) is 0 Å². The highest BCUT2D eigenvalue weighted by Crippen LogP contribution is 2.37. The molecule has 7 heteroatoms. The lowest BCUT2D eigenvalue weighted by atomic mass is 10.2. The molecule has 0 unspecified atom stereocenters. The SMILES string of the molecule is CC[C@@H](C)Sc1oc(-c2ccc(F)cc2)nc1S(=O)(=O)c1ccc(C)cc1. The van der Waals surface area contributed by atoms with Crippen LogP contribution in [-0.2, 0) is 9.84 Å². The van der Waals surface area contributed by atoms with Gasteiger partial charge in [-0.25, -0.2) is 12.8 Å². The maximum Gasteiger partial charge on any atom is 0.228 e. The lowest BCUT2D eigenvalue weighted by molar-refractivity contribution is 0.469. The van der Waals surface area contributed by atoms with Crippen LogP contribution in [0.2, 0.25) is 0 Å². The van der Waals surface area contributed by atoms with E-state index in [0.717, 1.165) is 12.0 Å². The minimum atomic E-state index is -3.84. The lowest BCUT2D eigenvalue weighted by Gasteiger charge is -2.07. The molecule has 1 atom stereocenters. The number of aryl methyl sites for hydroxylation is 1. The molecule has 0 aliphatic heterocycles. The van der Waals surface area contributed by atoms with Crippen molar-refractivity contribution in [3.8, 4) is 11.5 Å². The fourth-order valence-corrected chi connectivity index (χ4v) is 4.81. The molecular formula is C20H20FNO3S2. The van der Waals surface area contributed by atoms with Crippen molar-refractivity contribution in [2.45, 2.75) is 47.5 Å². The van der Waals surface area contributed by atoms with Gasteiger partial charge in [0.25, 0.3) is 0 Å². The van der Waals surface area contributed by atoms with E-state index in [-0.39, 0.29) is 32.0 Å². The standard InChI is InChI=1S/C20H20FNO3S2/c1-4-14(3)26-20-19(27(23,24)17-11-5-13(2)6-12-17)22-18(25-20)15-7-9-16(21)10-8-15/h5-12,14H,4H2,1-3H3/t14-/m1/s1. The summed E-state index contributed by atoms with van der Waals surface area (Å²) in [6.07, 6.45) is 0.848. The Labute approximate surface area is 162 Å². The molecule has 0 saturated heterocycles. The number of halogens is 1. The van der Waals surface area contributed by atoms with E-state index < -0.39 is 9.84 Å². The summed E-state index contributed by atoms with van der Waals surface area (Å²) in [5.74, 6) is -0.224. The van der Waals surface area contributed by atoms with Gasteiger partial charge in [-0.1, -0.05) is 43.3 Å². The van der Waals surface area contributed by atoms with Gasteiger partial charge in [-0.05, 0) is 49.7 Å². The van der Waals surface area contributed by atoms with Crippen LogP contribution in [0.5, 0.6) is 0 Å². The molecule has 0 N–H and O–H groups in total. The topological polar surface area (TPSA) is 60.2 Å². The Morgan fingerprint density at radius 3 is 2.33 bits per heavy atom. The van der Waals surface area contributed by atoms with Crippen LogP contribution >= 0.6 is 11.8 Å². The van der Waals surface area contributed by atoms with E-state index in [4.69, 9.17) is 4.42 Å². The number of aromatic nitrogens is 1. The molecule has 1 aromatic heterocycles. The van der Waals surface area contributed by atoms with Gasteiger partial charge < -0.3 is 4.42 Å². The number of rotatable bonds is 6. The first-order valence-corrected chi connectivity index (χ1v) is 10.9. The second-order valence-electron chi connectivity index (χ2n) is 6.27. The van der Waals surface area contributed by atoms with Crippen molar-refractivity contribution in [2.75, 3.05) is 0 Å². The van der Waals surface area contributed by atoms with Crippen LogP contribution in [0.3, 0.4) is 0 Å². The van der Waals surface area contributed by atoms with Gasteiger partial charge in [0.05, 0.1) is 4.90 Å². The van der Waals surface area contributed by atoms with Crippen molar-refractivity contribution in [3.63, 3.8) is 0 Å². The Morgan fingerprint density at radius 2 is 1.74 bits per heavy atom. The lowest BCUT2D eigenvalue weighted by Crippen LogP contribution is -2.05. The fraction of sp³-hybridized carbons (Fsp3) is 0.250. The highest BCUT2D eigenvalue weighted by atomic mass is 32.2. The van der Waals surface area contributed by atoms with Gasteiger partial charge in [-0.3, -0.25) is 0 Å². The van der Waals surface area contributed by atoms with Crippen molar-refractivity contribution >= 4 is 21.6 Å². The molecule has 0 saturated carbocycles. The Bertz CT molecular complexity index is 1030. The zero-order valence-electron chi connectivity index (χ0n) is 15.3. The van der Waals surface area contributed by atoms with Crippen molar-refractivity contribution < 1.29 is 17.2 Å². The second-order valence-corrected chi connectivity index (χ2v) is 9.55. The summed E-state index contributed by atoms with van der Waals surface area (Å²) in [6.45, 7) is 5.90. The number of benzene rings is 2. The summed E-state index contributed by atoms with van der Waals surface area (Å²) in [5, 5.41) is 0.311. The van der Waals surface area contributed by atoms with Gasteiger partial charge in [-0.2, -0.15) is 4.98 Å². The summed E-state index contributed by atoms with van der Waals surface area (Å²) in [5.41, 5.74) is 1.49. The predicted molar refractivity (Wildman–Crippen MR) is 104 cm³/mol. The summed E-state index contributed by atoms with van der Waals surface area (Å²) >= 11 is 1.33. The van der Waals surface area contributed by atoms with Crippen molar-refractivity contribution in [3.05, 3.63) is 59.9 Å². The summed E-state index contributed by atoms with van der Waals surface area (Å²) in [4.78, 5) is 4.43. The van der Waals surface area contributed by atoms with Gasteiger partial charge in [0.15, 0.2) is 0 Å². The van der Waals surface area contributed by atoms with Crippen LogP contribution in [-0.4, -0.2) is 18.7 Å². The number of thioether (sulfide) groups is 1. The maximum atomic E-state index is 13.2. The molecule has 27 heavy (non-hydrogen) atoms. The Balaban J connectivity index is 2.11. The van der Waals surface area contributed by atoms with Gasteiger partial charge in [-0.15, -0.1) is 0 Å². The van der Waals surface area contributed by atoms with Crippen molar-refractivity contribution in [1.29, 1.82) is 0 Å². The van der Waals surface area contributed by atoms with Gasteiger partial charge in [0.1, 0.15) is 5.82 Å². The predicted octanol–water partition coefficient (Wildman–Crippen LogP) is 5.51. The summed E-state index contributed by atoms with van der Waals surface area (Å²) in [6, 6.07) is 12.2. The van der Waals surface area contributed by atoms with E-state index in [2.05, 4.69) is 4.98 Å². The van der Waals surface area contributed by atoms with Crippen LogP contribution in [0.1, 0.15) is 25.8 Å². The minimum absolute atomic E-state index is 0.101. The molecule has 1 heterocycles. The zero-order valence-corrected chi connectivity index (χ0v) is 16.9. The summed E-state index contributed by atoms with van der Waals surface area (Å²) < 4.78 is 45.3. The fourth-order valence-electron chi connectivity index (χ4n) is 2.35. The monoisotopic (exact) mass is 405 g/mol. The molecular weight excluding hydrogens is 385 g/mol. The number of nitrogens with zero attached hydrogens (tertiary/aromatic N) is 1. The van der Waals surface area contributed by atoms with Gasteiger partial charge in [0, 0.05) is 10.8 Å². The van der Waals surface area contributed by atoms with E-state index in [9.17, 15) is 12.8 Å². The summed E-state index contributed by atoms with van der Waals surface area (Å²) in [7, 11) is -3.84. The Kier molecular flexibility index (Phi) is 5.72. The molecule has 2 aromatic carbocycles. The molecule has 0 bridgehead atoms. The van der Waals surface area contributed by atoms with E-state index in [0.29, 0.717) is 5.56 Å². The number of oxazole rings is 1. The largest absolute Gasteiger partial charge is 0.428 e. The van der Waals surface area contributed by atoms with E-state index in [1.165, 1.54) is 36.0 Å². The minimum Gasteiger partial charge on any atom is -0.428 e. The van der Waals surface area contributed by atoms with Crippen LogP contribution in [0, 0.1) is 12.7 Å². The van der Waals surface area contributed by atoms with Crippen molar-refractivity contribution in [1.82, 2.24) is 4.98 Å². The van der Waals surface area contributed by atoms with E-state index >= 15 is 0 Å². The first kappa shape index (κ1) is 19.6. The van der Waals surface area contributed by atoms with Crippen LogP contribution in [0.4, 0.5) is 4.39 Å². The van der Waals surface area contributed by atoms with E-state index in [1.807, 2.05) is 20.8 Å². The Morgan fingerprint density at radius 1 is 1.11 bits per heavy atom. The molecule has 0 fully saturated rings. The second kappa shape index (κ2) is 7.86. The third-order valence-electron chi connectivity index (χ3n) is 4.13. The molecule has 4 nitrogen and oxygen atoms in total. The van der Waals surface area contributed by atoms with Crippen LogP contribution < -0.4 is 0 Å². The highest BCUT2D eigenvalue weighted by molar-refractivity contribution is 8.00. The number of hydrogen-bond acceptors (Lipinski definition) is 5. The quantitative estimate of drug-likeness (QED) is 0.506. The molecule has 0 aliphatic rings. The zero-order chi connectivity index (χ0) is 19.6. The number of hydrogen-bond donors (Lipinski definition) is 0. The normalized spacial score (nSPS) is 12.9. The van der Waals surface area contributed by atoms with Crippen LogP contribution in [0.15, 0.2) is 68.0 Å². The Hall–Kier alpha value is -2.12. The van der Waals surface area contributed by atoms with E-state index in [1.54, 1.807) is 24.3 Å². The molecule has 0 spiro atoms. The van der Waals surface area contributed by atoms with Gasteiger partial charge >= 0.3 is 0 Å². The first-order valence-electron chi connectivity index (χ1n) is 8.56. The maximum absolute atomic E-state index is 13.2. The average Bonchev–Trinajstić information content (AvgIpc) is 3.07. The third kappa shape index (κ3) is 4.25. The van der Waals surface area contributed by atoms with Crippen LogP contribution in [0.25, 0.3) is 11.5 Å². The first-order chi connectivity index (χ1) is 12.8. The molecule has 3 rings (SSSR count). The third-order valence-corrected chi connectivity index (χ3v) is 7.16.